The van der Waals surface area contributed by atoms with E-state index >= 15 is 0 Å². The molecule has 1 aromatic heterocycles. The highest BCUT2D eigenvalue weighted by atomic mass is 35.5. The molecule has 1 aromatic carbocycles. The van der Waals surface area contributed by atoms with Crippen molar-refractivity contribution in [2.45, 2.75) is 61.7 Å². The Kier molecular flexibility index (Phi) is 9.39. The molecule has 0 N–H and O–H groups in total. The van der Waals surface area contributed by atoms with Crippen LogP contribution in [0.1, 0.15) is 44.1 Å². The van der Waals surface area contributed by atoms with Gasteiger partial charge in [-0.2, -0.15) is 17.5 Å². The van der Waals surface area contributed by atoms with Gasteiger partial charge in [-0.25, -0.2) is 21.1 Å². The van der Waals surface area contributed by atoms with Crippen molar-refractivity contribution in [1.82, 2.24) is 13.6 Å². The number of halogens is 5. The summed E-state index contributed by atoms with van der Waals surface area (Å²) < 4.78 is 100. The summed E-state index contributed by atoms with van der Waals surface area (Å²) in [7, 11) is -7.86. The summed E-state index contributed by atoms with van der Waals surface area (Å²) in [5.74, 6) is 0.538. The van der Waals surface area contributed by atoms with Crippen LogP contribution in [0.15, 0.2) is 41.6 Å². The fraction of sp³-hybridized carbons (Fsp3) is 0.542. The van der Waals surface area contributed by atoms with Gasteiger partial charge in [0.15, 0.2) is 0 Å². The van der Waals surface area contributed by atoms with Crippen LogP contribution in [-0.2, 0) is 26.2 Å². The van der Waals surface area contributed by atoms with Crippen molar-refractivity contribution in [2.24, 2.45) is 0 Å². The number of hydrogen-bond donors (Lipinski definition) is 0. The second-order valence-electron chi connectivity index (χ2n) is 9.54. The first-order valence-electron chi connectivity index (χ1n) is 12.4. The van der Waals surface area contributed by atoms with E-state index in [0.717, 1.165) is 0 Å². The normalized spacial score (nSPS) is 20.4. The highest BCUT2D eigenvalue weighted by Crippen LogP contribution is 2.40. The molecule has 2 aliphatic heterocycles. The Morgan fingerprint density at radius 2 is 1.59 bits per heavy atom. The molecule has 39 heavy (non-hydrogen) atoms. The number of ether oxygens (including phenoxy) is 1. The summed E-state index contributed by atoms with van der Waals surface area (Å²) in [6, 6.07) is 4.07. The SMILES string of the molecule is O=S(=O)(CCC[C@@H]1CCCN1S(=O)(=O)c1c(Cl)cc(C(F)(F)F)cc1Cl)N1CCC(Oc2ccncc2)CC1. The van der Waals surface area contributed by atoms with E-state index in [2.05, 4.69) is 4.98 Å². The van der Waals surface area contributed by atoms with Crippen molar-refractivity contribution in [3.05, 3.63) is 52.3 Å². The molecule has 0 amide bonds. The summed E-state index contributed by atoms with van der Waals surface area (Å²) in [6.45, 7) is 0.790. The molecular weight excluding hydrogens is 602 g/mol. The average Bonchev–Trinajstić information content (AvgIpc) is 3.33. The molecule has 0 unspecified atom stereocenters. The minimum atomic E-state index is -4.74. The van der Waals surface area contributed by atoms with Gasteiger partial charge in [0.05, 0.1) is 21.4 Å². The van der Waals surface area contributed by atoms with Gasteiger partial charge in [-0.15, -0.1) is 0 Å². The van der Waals surface area contributed by atoms with Gasteiger partial charge in [-0.1, -0.05) is 23.2 Å². The van der Waals surface area contributed by atoms with E-state index < -0.39 is 52.8 Å². The molecule has 216 valence electrons. The Morgan fingerprint density at radius 3 is 2.18 bits per heavy atom. The van der Waals surface area contributed by atoms with Crippen LogP contribution in [0.3, 0.4) is 0 Å². The zero-order valence-corrected chi connectivity index (χ0v) is 23.9. The van der Waals surface area contributed by atoms with Crippen LogP contribution in [0.4, 0.5) is 13.2 Å². The monoisotopic (exact) mass is 629 g/mol. The first-order chi connectivity index (χ1) is 18.3. The third-order valence-corrected chi connectivity index (χ3v) is 11.7. The van der Waals surface area contributed by atoms with Crippen LogP contribution in [-0.4, -0.2) is 68.0 Å². The second kappa shape index (κ2) is 12.1. The number of rotatable bonds is 9. The van der Waals surface area contributed by atoms with Crippen molar-refractivity contribution in [1.29, 1.82) is 0 Å². The van der Waals surface area contributed by atoms with Gasteiger partial charge in [0.1, 0.15) is 16.7 Å². The van der Waals surface area contributed by atoms with Crippen LogP contribution in [0.25, 0.3) is 0 Å². The van der Waals surface area contributed by atoms with Crippen molar-refractivity contribution >= 4 is 43.2 Å². The molecule has 4 rings (SSSR count). The van der Waals surface area contributed by atoms with Crippen LogP contribution < -0.4 is 4.74 Å². The maximum Gasteiger partial charge on any atom is 0.416 e. The number of piperidine rings is 1. The zero-order chi connectivity index (χ0) is 28.4. The quantitative estimate of drug-likeness (QED) is 0.378. The molecule has 2 aromatic rings. The first kappa shape index (κ1) is 30.3. The first-order valence-corrected chi connectivity index (χ1v) is 16.2. The van der Waals surface area contributed by atoms with E-state index in [1.807, 2.05) is 0 Å². The lowest BCUT2D eigenvalue weighted by Crippen LogP contribution is -2.43. The van der Waals surface area contributed by atoms with Crippen molar-refractivity contribution in [3.63, 3.8) is 0 Å². The van der Waals surface area contributed by atoms with Crippen molar-refractivity contribution in [2.75, 3.05) is 25.4 Å². The fourth-order valence-corrected chi connectivity index (χ4v) is 9.42. The summed E-state index contributed by atoms with van der Waals surface area (Å²) in [5.41, 5.74) is -1.15. The molecule has 0 radical (unpaired) electrons. The molecule has 0 spiro atoms. The minimum absolute atomic E-state index is 0.0973. The van der Waals surface area contributed by atoms with Crippen LogP contribution >= 0.6 is 23.2 Å². The Balaban J connectivity index is 1.34. The topological polar surface area (TPSA) is 96.9 Å². The van der Waals surface area contributed by atoms with E-state index in [0.29, 0.717) is 56.7 Å². The number of alkyl halides is 3. The third-order valence-electron chi connectivity index (χ3n) is 6.90. The largest absolute Gasteiger partial charge is 0.490 e. The van der Waals surface area contributed by atoms with Gasteiger partial charge in [0.2, 0.25) is 20.0 Å². The van der Waals surface area contributed by atoms with Crippen molar-refractivity contribution < 1.29 is 34.7 Å². The van der Waals surface area contributed by atoms with Gasteiger partial charge in [0.25, 0.3) is 0 Å². The predicted molar refractivity (Wildman–Crippen MR) is 141 cm³/mol. The molecule has 0 aliphatic carbocycles. The standard InChI is InChI=1S/C24H28Cl2F3N3O5S2/c25-21-15-17(24(27,28)29)16-22(26)23(21)39(35,36)32-11-1-3-18(32)4-2-14-38(33,34)31-12-7-20(8-13-31)37-19-5-9-30-10-6-19/h5-6,9-10,15-16,18,20H,1-4,7-8,11-14H2/t18-/m0/s1. The third kappa shape index (κ3) is 7.17. The average molecular weight is 631 g/mol. The molecule has 2 aliphatic rings. The maximum atomic E-state index is 13.4. The number of hydrogen-bond acceptors (Lipinski definition) is 6. The molecular formula is C24H28Cl2F3N3O5S2. The van der Waals surface area contributed by atoms with Gasteiger partial charge >= 0.3 is 6.18 Å². The summed E-state index contributed by atoms with van der Waals surface area (Å²) in [4.78, 5) is 3.37. The Hall–Kier alpha value is -1.64. The lowest BCUT2D eigenvalue weighted by atomic mass is 10.1. The van der Waals surface area contributed by atoms with Gasteiger partial charge in [-0.3, -0.25) is 4.98 Å². The summed E-state index contributed by atoms with van der Waals surface area (Å²) in [6.07, 6.45) is 1.02. The second-order valence-corrected chi connectivity index (χ2v) is 14.3. The summed E-state index contributed by atoms with van der Waals surface area (Å²) >= 11 is 11.9. The highest BCUT2D eigenvalue weighted by Gasteiger charge is 2.40. The molecule has 8 nitrogen and oxygen atoms in total. The molecule has 0 saturated carbocycles. The van der Waals surface area contributed by atoms with Crippen LogP contribution in [0, 0.1) is 0 Å². The molecule has 2 saturated heterocycles. The Bertz CT molecular complexity index is 1350. The van der Waals surface area contributed by atoms with Crippen LogP contribution in [0.5, 0.6) is 5.75 Å². The van der Waals surface area contributed by atoms with E-state index in [4.69, 9.17) is 27.9 Å². The number of aromatic nitrogens is 1. The lowest BCUT2D eigenvalue weighted by molar-refractivity contribution is -0.137. The molecule has 15 heteroatoms. The van der Waals surface area contributed by atoms with Gasteiger partial charge in [-0.05, 0) is 62.8 Å². The summed E-state index contributed by atoms with van der Waals surface area (Å²) in [5, 5.41) is -1.22. The van der Waals surface area contributed by atoms with Gasteiger partial charge in [0, 0.05) is 38.1 Å². The predicted octanol–water partition coefficient (Wildman–Crippen LogP) is 5.21. The number of benzene rings is 1. The Labute approximate surface area is 236 Å². The highest BCUT2D eigenvalue weighted by molar-refractivity contribution is 7.89. The smallest absolute Gasteiger partial charge is 0.416 e. The number of nitrogens with zero attached hydrogens (tertiary/aromatic N) is 3. The van der Waals surface area contributed by atoms with Crippen LogP contribution in [0.2, 0.25) is 10.0 Å². The van der Waals surface area contributed by atoms with E-state index in [1.165, 1.54) is 8.61 Å². The molecule has 1 atom stereocenters. The zero-order valence-electron chi connectivity index (χ0n) is 20.8. The maximum absolute atomic E-state index is 13.4. The Morgan fingerprint density at radius 1 is 0.974 bits per heavy atom. The van der Waals surface area contributed by atoms with E-state index in [-0.39, 0.29) is 31.2 Å². The van der Waals surface area contributed by atoms with E-state index in [1.54, 1.807) is 24.5 Å². The number of pyridine rings is 1. The molecule has 3 heterocycles. The van der Waals surface area contributed by atoms with E-state index in [9.17, 15) is 30.0 Å². The minimum Gasteiger partial charge on any atom is -0.490 e. The van der Waals surface area contributed by atoms with Gasteiger partial charge < -0.3 is 4.74 Å². The lowest BCUT2D eigenvalue weighted by Gasteiger charge is -2.31. The van der Waals surface area contributed by atoms with Crippen molar-refractivity contribution in [3.8, 4) is 5.75 Å². The molecule has 2 fully saturated rings. The fourth-order valence-electron chi connectivity index (χ4n) is 4.97. The number of sulfonamides is 2. The molecule has 0 bridgehead atoms.